The first-order valence-electron chi connectivity index (χ1n) is 8.33. The standard InChI is InChI=1S/C18H24N4OS/c1-13(2)18-20-16(12-24-18)17(23)19-14-4-6-15(7-5-14)22-10-8-21(3)9-11-22/h4-7,12-13H,8-11H2,1-3H3,(H,19,23). The summed E-state index contributed by atoms with van der Waals surface area (Å²) in [7, 11) is 2.15. The summed E-state index contributed by atoms with van der Waals surface area (Å²) in [4.78, 5) is 21.4. The molecule has 24 heavy (non-hydrogen) atoms. The topological polar surface area (TPSA) is 48.5 Å². The third-order valence-electron chi connectivity index (χ3n) is 4.24. The van der Waals surface area contributed by atoms with Gasteiger partial charge < -0.3 is 15.1 Å². The molecule has 1 fully saturated rings. The fraction of sp³-hybridized carbons (Fsp3) is 0.444. The van der Waals surface area contributed by atoms with Crippen molar-refractivity contribution in [1.29, 1.82) is 0 Å². The van der Waals surface area contributed by atoms with E-state index in [0.29, 0.717) is 11.6 Å². The zero-order valence-electron chi connectivity index (χ0n) is 14.5. The van der Waals surface area contributed by atoms with E-state index in [1.807, 2.05) is 17.5 Å². The zero-order valence-corrected chi connectivity index (χ0v) is 15.3. The van der Waals surface area contributed by atoms with Crippen LogP contribution in [0.25, 0.3) is 0 Å². The third-order valence-corrected chi connectivity index (χ3v) is 5.39. The Labute approximate surface area is 147 Å². The zero-order chi connectivity index (χ0) is 17.1. The number of carbonyl (C=O) groups excluding carboxylic acids is 1. The Balaban J connectivity index is 1.62. The fourth-order valence-corrected chi connectivity index (χ4v) is 3.49. The highest BCUT2D eigenvalue weighted by atomic mass is 32.1. The number of thiazole rings is 1. The molecule has 2 aromatic rings. The van der Waals surface area contributed by atoms with Crippen LogP contribution in [0.4, 0.5) is 11.4 Å². The van der Waals surface area contributed by atoms with Gasteiger partial charge in [0.05, 0.1) is 5.01 Å². The van der Waals surface area contributed by atoms with Gasteiger partial charge in [-0.25, -0.2) is 4.98 Å². The van der Waals surface area contributed by atoms with E-state index >= 15 is 0 Å². The van der Waals surface area contributed by atoms with E-state index in [2.05, 4.69) is 53.1 Å². The summed E-state index contributed by atoms with van der Waals surface area (Å²) in [6, 6.07) is 8.06. The smallest absolute Gasteiger partial charge is 0.275 e. The molecule has 1 saturated heterocycles. The van der Waals surface area contributed by atoms with Gasteiger partial charge in [-0.2, -0.15) is 0 Å². The Kier molecular flexibility index (Phi) is 5.16. The van der Waals surface area contributed by atoms with E-state index in [1.54, 1.807) is 0 Å². The Hall–Kier alpha value is -1.92. The van der Waals surface area contributed by atoms with Crippen LogP contribution in [0.15, 0.2) is 29.6 Å². The molecule has 0 bridgehead atoms. The van der Waals surface area contributed by atoms with Crippen LogP contribution >= 0.6 is 11.3 Å². The number of nitrogens with one attached hydrogen (secondary N) is 1. The van der Waals surface area contributed by atoms with E-state index in [9.17, 15) is 4.79 Å². The molecule has 6 heteroatoms. The molecule has 0 aliphatic carbocycles. The van der Waals surface area contributed by atoms with Gasteiger partial charge in [-0.05, 0) is 31.3 Å². The molecule has 3 rings (SSSR count). The number of hydrogen-bond donors (Lipinski definition) is 1. The van der Waals surface area contributed by atoms with Crippen LogP contribution in [-0.2, 0) is 0 Å². The molecule has 1 aromatic heterocycles. The number of rotatable bonds is 4. The van der Waals surface area contributed by atoms with E-state index < -0.39 is 0 Å². The molecular weight excluding hydrogens is 320 g/mol. The quantitative estimate of drug-likeness (QED) is 0.925. The lowest BCUT2D eigenvalue weighted by Gasteiger charge is -2.34. The first kappa shape index (κ1) is 16.9. The third kappa shape index (κ3) is 3.94. The van der Waals surface area contributed by atoms with Crippen LogP contribution in [0.2, 0.25) is 0 Å². The van der Waals surface area contributed by atoms with Crippen molar-refractivity contribution in [3.8, 4) is 0 Å². The number of aromatic nitrogens is 1. The van der Waals surface area contributed by atoms with Gasteiger partial charge in [-0.3, -0.25) is 4.79 Å². The average molecular weight is 344 g/mol. The van der Waals surface area contributed by atoms with Crippen LogP contribution in [-0.4, -0.2) is 49.0 Å². The normalized spacial score (nSPS) is 15.8. The van der Waals surface area contributed by atoms with E-state index in [1.165, 1.54) is 17.0 Å². The summed E-state index contributed by atoms with van der Waals surface area (Å²) >= 11 is 1.54. The maximum Gasteiger partial charge on any atom is 0.275 e. The summed E-state index contributed by atoms with van der Waals surface area (Å²) in [5, 5.41) is 5.74. The summed E-state index contributed by atoms with van der Waals surface area (Å²) < 4.78 is 0. The van der Waals surface area contributed by atoms with E-state index in [4.69, 9.17) is 0 Å². The van der Waals surface area contributed by atoms with Gasteiger partial charge >= 0.3 is 0 Å². The van der Waals surface area contributed by atoms with Gasteiger partial charge in [0.2, 0.25) is 0 Å². The predicted molar refractivity (Wildman–Crippen MR) is 100 cm³/mol. The highest BCUT2D eigenvalue weighted by Crippen LogP contribution is 2.22. The van der Waals surface area contributed by atoms with Crippen molar-refractivity contribution in [2.24, 2.45) is 0 Å². The van der Waals surface area contributed by atoms with E-state index in [0.717, 1.165) is 36.9 Å². The lowest BCUT2D eigenvalue weighted by molar-refractivity contribution is 0.102. The number of likely N-dealkylation sites (N-methyl/N-ethyl adjacent to an activating group) is 1. The van der Waals surface area contributed by atoms with Crippen LogP contribution < -0.4 is 10.2 Å². The number of hydrogen-bond acceptors (Lipinski definition) is 5. The number of nitrogens with zero attached hydrogens (tertiary/aromatic N) is 3. The first-order valence-corrected chi connectivity index (χ1v) is 9.21. The first-order chi connectivity index (χ1) is 11.5. The lowest BCUT2D eigenvalue weighted by Crippen LogP contribution is -2.44. The molecule has 1 N–H and O–H groups in total. The molecule has 2 heterocycles. The molecule has 0 spiro atoms. The Bertz CT molecular complexity index is 687. The molecule has 0 radical (unpaired) electrons. The number of piperazine rings is 1. The SMILES string of the molecule is CC(C)c1nc(C(=O)Nc2ccc(N3CCN(C)CC3)cc2)cs1. The van der Waals surface area contributed by atoms with Crippen molar-refractivity contribution >= 4 is 28.6 Å². The molecule has 0 unspecified atom stereocenters. The number of benzene rings is 1. The van der Waals surface area contributed by atoms with Gasteiger partial charge in [0.1, 0.15) is 5.69 Å². The maximum atomic E-state index is 12.3. The second kappa shape index (κ2) is 7.32. The summed E-state index contributed by atoms with van der Waals surface area (Å²) in [5.74, 6) is 0.199. The molecule has 1 aliphatic heterocycles. The fourth-order valence-electron chi connectivity index (χ4n) is 2.67. The Morgan fingerprint density at radius 2 is 1.83 bits per heavy atom. The van der Waals surface area contributed by atoms with Crippen molar-refractivity contribution in [3.63, 3.8) is 0 Å². The monoisotopic (exact) mass is 344 g/mol. The van der Waals surface area contributed by atoms with Crippen LogP contribution in [0.5, 0.6) is 0 Å². The van der Waals surface area contributed by atoms with Gasteiger partial charge in [0.25, 0.3) is 5.91 Å². The van der Waals surface area contributed by atoms with Gasteiger partial charge in [-0.15, -0.1) is 11.3 Å². The summed E-state index contributed by atoms with van der Waals surface area (Å²) in [5.41, 5.74) is 2.50. The molecule has 5 nitrogen and oxygen atoms in total. The van der Waals surface area contributed by atoms with Crippen molar-refractivity contribution in [2.45, 2.75) is 19.8 Å². The van der Waals surface area contributed by atoms with Gasteiger partial charge in [0, 0.05) is 48.9 Å². The van der Waals surface area contributed by atoms with Crippen LogP contribution in [0.3, 0.4) is 0 Å². The number of carbonyl (C=O) groups is 1. The highest BCUT2D eigenvalue weighted by molar-refractivity contribution is 7.09. The average Bonchev–Trinajstić information content (AvgIpc) is 3.07. The second-order valence-electron chi connectivity index (χ2n) is 6.52. The molecule has 1 amide bonds. The lowest BCUT2D eigenvalue weighted by atomic mass is 10.2. The van der Waals surface area contributed by atoms with Crippen molar-refractivity contribution in [3.05, 3.63) is 40.3 Å². The van der Waals surface area contributed by atoms with Gasteiger partial charge in [-0.1, -0.05) is 13.8 Å². The second-order valence-corrected chi connectivity index (χ2v) is 7.41. The minimum atomic E-state index is -0.148. The van der Waals surface area contributed by atoms with E-state index in [-0.39, 0.29) is 5.91 Å². The molecule has 0 saturated carbocycles. The van der Waals surface area contributed by atoms with Crippen molar-refractivity contribution < 1.29 is 4.79 Å². The minimum Gasteiger partial charge on any atom is -0.369 e. The van der Waals surface area contributed by atoms with Crippen LogP contribution in [0, 0.1) is 0 Å². The molecule has 1 aromatic carbocycles. The summed E-state index contributed by atoms with van der Waals surface area (Å²) in [6.07, 6.45) is 0. The Morgan fingerprint density at radius 1 is 1.17 bits per heavy atom. The van der Waals surface area contributed by atoms with Crippen molar-refractivity contribution in [2.75, 3.05) is 43.4 Å². The maximum absolute atomic E-state index is 12.3. The number of amides is 1. The largest absolute Gasteiger partial charge is 0.369 e. The van der Waals surface area contributed by atoms with Crippen LogP contribution in [0.1, 0.15) is 35.3 Å². The summed E-state index contributed by atoms with van der Waals surface area (Å²) in [6.45, 7) is 8.41. The highest BCUT2D eigenvalue weighted by Gasteiger charge is 2.15. The molecule has 1 aliphatic rings. The minimum absolute atomic E-state index is 0.148. The predicted octanol–water partition coefficient (Wildman–Crippen LogP) is 3.27. The number of anilines is 2. The Morgan fingerprint density at radius 3 is 2.42 bits per heavy atom. The molecule has 128 valence electrons. The molecule has 0 atom stereocenters. The van der Waals surface area contributed by atoms with Gasteiger partial charge in [0.15, 0.2) is 0 Å². The van der Waals surface area contributed by atoms with Crippen molar-refractivity contribution in [1.82, 2.24) is 9.88 Å². The molecular formula is C18H24N4OS.